The number of ether oxygens (including phenoxy) is 2. The number of nitrogens with zero attached hydrogens (tertiary/aromatic N) is 2. The van der Waals surface area contributed by atoms with E-state index in [0.29, 0.717) is 11.6 Å². The highest BCUT2D eigenvalue weighted by Gasteiger charge is 2.13. The number of benzene rings is 2. The van der Waals surface area contributed by atoms with Crippen molar-refractivity contribution >= 4 is 5.97 Å². The third-order valence-electron chi connectivity index (χ3n) is 3.20. The summed E-state index contributed by atoms with van der Waals surface area (Å²) in [6.07, 6.45) is 0. The molecule has 0 aliphatic carbocycles. The Hall–Kier alpha value is -3.35. The Labute approximate surface area is 137 Å². The van der Waals surface area contributed by atoms with Crippen LogP contribution in [0.4, 0.5) is 0 Å². The Balaban J connectivity index is 1.67. The van der Waals surface area contributed by atoms with Gasteiger partial charge in [0.05, 0.1) is 12.7 Å². The van der Waals surface area contributed by atoms with Crippen LogP contribution in [-0.4, -0.2) is 28.3 Å². The summed E-state index contributed by atoms with van der Waals surface area (Å²) in [7, 11) is 1.57. The fourth-order valence-electron chi connectivity index (χ4n) is 2.04. The molecule has 7 heteroatoms. The highest BCUT2D eigenvalue weighted by Crippen LogP contribution is 2.21. The zero-order valence-electron chi connectivity index (χ0n) is 12.8. The second-order valence-electron chi connectivity index (χ2n) is 4.87. The first kappa shape index (κ1) is 15.5. The molecule has 1 N–H and O–H groups in total. The molecule has 0 fully saturated rings. The van der Waals surface area contributed by atoms with Gasteiger partial charge in [-0.1, -0.05) is 23.4 Å². The molecule has 0 amide bonds. The van der Waals surface area contributed by atoms with E-state index >= 15 is 0 Å². The Morgan fingerprint density at radius 2 is 2.04 bits per heavy atom. The third-order valence-corrected chi connectivity index (χ3v) is 3.20. The molecule has 0 saturated carbocycles. The molecule has 1 aromatic heterocycles. The molecule has 0 aliphatic heterocycles. The van der Waals surface area contributed by atoms with Crippen molar-refractivity contribution < 1.29 is 23.9 Å². The minimum atomic E-state index is -0.591. The molecule has 3 aromatic rings. The monoisotopic (exact) mass is 326 g/mol. The van der Waals surface area contributed by atoms with Crippen molar-refractivity contribution in [2.75, 3.05) is 7.11 Å². The number of esters is 1. The molecular weight excluding hydrogens is 312 g/mol. The van der Waals surface area contributed by atoms with Crippen molar-refractivity contribution in [3.05, 3.63) is 60.0 Å². The fourth-order valence-corrected chi connectivity index (χ4v) is 2.04. The molecule has 2 aromatic carbocycles. The lowest BCUT2D eigenvalue weighted by atomic mass is 10.2. The van der Waals surface area contributed by atoms with E-state index in [4.69, 9.17) is 14.0 Å². The topological polar surface area (TPSA) is 94.7 Å². The minimum Gasteiger partial charge on any atom is -0.508 e. The molecule has 3 rings (SSSR count). The van der Waals surface area contributed by atoms with Gasteiger partial charge in [-0.05, 0) is 30.3 Å². The van der Waals surface area contributed by atoms with Gasteiger partial charge in [0.2, 0.25) is 5.82 Å². The van der Waals surface area contributed by atoms with Crippen LogP contribution in [0.5, 0.6) is 11.5 Å². The third kappa shape index (κ3) is 3.52. The summed E-state index contributed by atoms with van der Waals surface area (Å²) in [5.74, 6) is 0.613. The van der Waals surface area contributed by atoms with Crippen LogP contribution in [-0.2, 0) is 11.3 Å². The number of rotatable bonds is 5. The summed E-state index contributed by atoms with van der Waals surface area (Å²) >= 11 is 0. The zero-order valence-corrected chi connectivity index (χ0v) is 12.8. The predicted molar refractivity (Wildman–Crippen MR) is 83.5 cm³/mol. The van der Waals surface area contributed by atoms with Gasteiger partial charge in [-0.3, -0.25) is 0 Å². The van der Waals surface area contributed by atoms with E-state index in [-0.39, 0.29) is 23.8 Å². The van der Waals surface area contributed by atoms with Crippen LogP contribution in [0.25, 0.3) is 11.4 Å². The maximum absolute atomic E-state index is 11.9. The first-order chi connectivity index (χ1) is 11.7. The molecule has 0 aliphatic rings. The normalized spacial score (nSPS) is 10.4. The van der Waals surface area contributed by atoms with Gasteiger partial charge in [0.25, 0.3) is 5.89 Å². The number of phenolic OH excluding ortho intramolecular Hbond substituents is 1. The average molecular weight is 326 g/mol. The van der Waals surface area contributed by atoms with E-state index in [1.807, 2.05) is 18.2 Å². The van der Waals surface area contributed by atoms with E-state index in [1.165, 1.54) is 18.2 Å². The summed E-state index contributed by atoms with van der Waals surface area (Å²) < 4.78 is 15.3. The number of hydrogen-bond acceptors (Lipinski definition) is 7. The van der Waals surface area contributed by atoms with E-state index in [1.54, 1.807) is 19.2 Å². The number of carbonyl (C=O) groups excluding carboxylic acids is 1. The first-order valence-electron chi connectivity index (χ1n) is 7.09. The number of phenols is 1. The number of aromatic hydroxyl groups is 1. The Morgan fingerprint density at radius 3 is 2.83 bits per heavy atom. The molecule has 1 heterocycles. The van der Waals surface area contributed by atoms with Gasteiger partial charge in [0.1, 0.15) is 11.5 Å². The second kappa shape index (κ2) is 6.82. The number of carbonyl (C=O) groups is 1. The van der Waals surface area contributed by atoms with Crippen molar-refractivity contribution in [3.8, 4) is 22.9 Å². The number of hydrogen-bond donors (Lipinski definition) is 1. The maximum atomic E-state index is 11.9. The summed E-state index contributed by atoms with van der Waals surface area (Å²) in [6, 6.07) is 13.1. The van der Waals surface area contributed by atoms with Gasteiger partial charge in [0, 0.05) is 5.56 Å². The highest BCUT2D eigenvalue weighted by atomic mass is 16.6. The van der Waals surface area contributed by atoms with Crippen molar-refractivity contribution in [1.29, 1.82) is 0 Å². The van der Waals surface area contributed by atoms with Crippen molar-refractivity contribution in [2.24, 2.45) is 0 Å². The Bertz CT molecular complexity index is 859. The molecular formula is C17H14N2O5. The molecule has 0 unspecified atom stereocenters. The van der Waals surface area contributed by atoms with Gasteiger partial charge >= 0.3 is 5.97 Å². The van der Waals surface area contributed by atoms with Crippen LogP contribution < -0.4 is 4.74 Å². The van der Waals surface area contributed by atoms with E-state index in [2.05, 4.69) is 10.1 Å². The quantitative estimate of drug-likeness (QED) is 0.720. The number of methoxy groups -OCH3 is 1. The first-order valence-corrected chi connectivity index (χ1v) is 7.09. The molecule has 0 bridgehead atoms. The molecule has 0 saturated heterocycles. The lowest BCUT2D eigenvalue weighted by Crippen LogP contribution is -2.05. The molecule has 24 heavy (non-hydrogen) atoms. The average Bonchev–Trinajstić information content (AvgIpc) is 3.09. The van der Waals surface area contributed by atoms with Gasteiger partial charge in [-0.25, -0.2) is 4.79 Å². The van der Waals surface area contributed by atoms with E-state index in [0.717, 1.165) is 5.56 Å². The van der Waals surface area contributed by atoms with Gasteiger partial charge in [-0.15, -0.1) is 0 Å². The smallest absolute Gasteiger partial charge is 0.338 e. The fraction of sp³-hybridized carbons (Fsp3) is 0.118. The highest BCUT2D eigenvalue weighted by molar-refractivity contribution is 5.89. The second-order valence-corrected chi connectivity index (χ2v) is 4.87. The summed E-state index contributed by atoms with van der Waals surface area (Å²) in [5.41, 5.74) is 0.964. The van der Waals surface area contributed by atoms with Gasteiger partial charge < -0.3 is 19.1 Å². The van der Waals surface area contributed by atoms with Crippen LogP contribution in [0.3, 0.4) is 0 Å². The van der Waals surface area contributed by atoms with Crippen LogP contribution in [0, 0.1) is 0 Å². The van der Waals surface area contributed by atoms with Crippen LogP contribution in [0.15, 0.2) is 53.1 Å². The zero-order chi connectivity index (χ0) is 16.9. The minimum absolute atomic E-state index is 0.0115. The molecule has 122 valence electrons. The molecule has 0 atom stereocenters. The lowest BCUT2D eigenvalue weighted by Gasteiger charge is -2.02. The molecule has 7 nitrogen and oxygen atoms in total. The van der Waals surface area contributed by atoms with E-state index < -0.39 is 5.97 Å². The largest absolute Gasteiger partial charge is 0.508 e. The van der Waals surface area contributed by atoms with Crippen molar-refractivity contribution in [1.82, 2.24) is 10.1 Å². The van der Waals surface area contributed by atoms with Crippen molar-refractivity contribution in [2.45, 2.75) is 6.61 Å². The maximum Gasteiger partial charge on any atom is 0.338 e. The van der Waals surface area contributed by atoms with Crippen LogP contribution in [0.1, 0.15) is 16.2 Å². The van der Waals surface area contributed by atoms with E-state index in [9.17, 15) is 9.90 Å². The summed E-state index contributed by atoms with van der Waals surface area (Å²) in [5, 5.41) is 13.2. The van der Waals surface area contributed by atoms with Gasteiger partial charge in [-0.2, -0.15) is 4.98 Å². The van der Waals surface area contributed by atoms with Crippen molar-refractivity contribution in [3.63, 3.8) is 0 Å². The SMILES string of the molecule is COc1cccc(-c2noc(COC(=O)c3cccc(O)c3)n2)c1. The summed E-state index contributed by atoms with van der Waals surface area (Å²) in [4.78, 5) is 16.1. The number of aromatic nitrogens is 2. The molecule has 0 spiro atoms. The van der Waals surface area contributed by atoms with Crippen LogP contribution in [0.2, 0.25) is 0 Å². The summed E-state index contributed by atoms with van der Waals surface area (Å²) in [6.45, 7) is -0.161. The van der Waals surface area contributed by atoms with Crippen LogP contribution >= 0.6 is 0 Å². The Kier molecular flexibility index (Phi) is 4.42. The predicted octanol–water partition coefficient (Wildman–Crippen LogP) is 2.81. The van der Waals surface area contributed by atoms with Gasteiger partial charge in [0.15, 0.2) is 6.61 Å². The lowest BCUT2D eigenvalue weighted by molar-refractivity contribution is 0.0429. The molecule has 0 radical (unpaired) electrons. The Morgan fingerprint density at radius 1 is 1.21 bits per heavy atom. The standard InChI is InChI=1S/C17H14N2O5/c1-22-14-7-3-4-11(9-14)16-18-15(24-19-16)10-23-17(21)12-5-2-6-13(20)8-12/h2-9,20H,10H2,1H3.